The largest absolute Gasteiger partial charge is 0.497 e. The van der Waals surface area contributed by atoms with Gasteiger partial charge < -0.3 is 10.1 Å². The molecule has 3 aromatic rings. The minimum absolute atomic E-state index is 0.113. The number of thiophene rings is 1. The van der Waals surface area contributed by atoms with E-state index in [0.717, 1.165) is 46.9 Å². The normalized spacial score (nSPS) is 16.5. The van der Waals surface area contributed by atoms with Crippen LogP contribution in [0.5, 0.6) is 5.75 Å². The Kier molecular flexibility index (Phi) is 4.56. The van der Waals surface area contributed by atoms with Gasteiger partial charge in [0.25, 0.3) is 0 Å². The van der Waals surface area contributed by atoms with Gasteiger partial charge in [0.2, 0.25) is 11.8 Å². The van der Waals surface area contributed by atoms with Crippen LogP contribution in [0, 0.1) is 0 Å². The molecule has 1 fully saturated rings. The molecule has 0 aliphatic carbocycles. The van der Waals surface area contributed by atoms with E-state index in [2.05, 4.69) is 17.4 Å². The lowest BCUT2D eigenvalue weighted by molar-refractivity contribution is -0.139. The molecule has 2 aliphatic heterocycles. The monoisotopic (exact) mass is 407 g/mol. The average Bonchev–Trinajstić information content (AvgIpc) is 3.28. The Bertz CT molecular complexity index is 1100. The van der Waals surface area contributed by atoms with Crippen molar-refractivity contribution in [2.24, 2.45) is 0 Å². The maximum absolute atomic E-state index is 12.1. The highest BCUT2D eigenvalue weighted by Crippen LogP contribution is 2.39. The first-order valence-electron chi connectivity index (χ1n) is 9.76. The second kappa shape index (κ2) is 7.24. The lowest BCUT2D eigenvalue weighted by atomic mass is 9.96. The summed E-state index contributed by atoms with van der Waals surface area (Å²) in [6, 6.07) is 10.0. The van der Waals surface area contributed by atoms with E-state index in [-0.39, 0.29) is 18.4 Å². The second-order valence-corrected chi connectivity index (χ2v) is 8.46. The standard InChI is InChI=1S/C22H21N3O3S/c1-28-15-4-2-13(3-5-15)17-10-14(12-25-19(26)6-7-20(25)27)24-22-21(17)16-8-9-23-11-18(16)29-22/h2-5,10,23H,6-9,11-12H2,1H3. The zero-order chi connectivity index (χ0) is 20.0. The molecule has 4 heterocycles. The molecule has 0 saturated carbocycles. The van der Waals surface area contributed by atoms with Crippen LogP contribution in [-0.2, 0) is 29.1 Å². The van der Waals surface area contributed by atoms with E-state index in [1.54, 1.807) is 18.4 Å². The Morgan fingerprint density at radius 1 is 1.14 bits per heavy atom. The van der Waals surface area contributed by atoms with Crippen LogP contribution in [0.3, 0.4) is 0 Å². The summed E-state index contributed by atoms with van der Waals surface area (Å²) in [7, 11) is 1.66. The number of benzene rings is 1. The van der Waals surface area contributed by atoms with Crippen molar-refractivity contribution in [3.05, 3.63) is 46.5 Å². The van der Waals surface area contributed by atoms with Crippen LogP contribution in [0.4, 0.5) is 0 Å². The number of aromatic nitrogens is 1. The molecule has 1 N–H and O–H groups in total. The van der Waals surface area contributed by atoms with Crippen molar-refractivity contribution in [1.82, 2.24) is 15.2 Å². The van der Waals surface area contributed by atoms with Gasteiger partial charge in [0, 0.05) is 29.6 Å². The summed E-state index contributed by atoms with van der Waals surface area (Å²) in [5.41, 5.74) is 4.30. The van der Waals surface area contributed by atoms with Gasteiger partial charge in [0.15, 0.2) is 0 Å². The average molecular weight is 407 g/mol. The van der Waals surface area contributed by atoms with Crippen molar-refractivity contribution in [2.75, 3.05) is 13.7 Å². The zero-order valence-electron chi connectivity index (χ0n) is 16.2. The summed E-state index contributed by atoms with van der Waals surface area (Å²) < 4.78 is 5.30. The van der Waals surface area contributed by atoms with E-state index in [1.807, 2.05) is 18.2 Å². The highest BCUT2D eigenvalue weighted by Gasteiger charge is 2.30. The third-order valence-corrected chi connectivity index (χ3v) is 6.74. The molecule has 0 spiro atoms. The number of fused-ring (bicyclic) bond motifs is 3. The van der Waals surface area contributed by atoms with E-state index in [1.165, 1.54) is 20.7 Å². The lowest BCUT2D eigenvalue weighted by Crippen LogP contribution is -2.28. The molecular formula is C22H21N3O3S. The number of amides is 2. The van der Waals surface area contributed by atoms with E-state index < -0.39 is 0 Å². The number of imide groups is 1. The maximum Gasteiger partial charge on any atom is 0.230 e. The van der Waals surface area contributed by atoms with E-state index in [9.17, 15) is 9.59 Å². The first-order valence-corrected chi connectivity index (χ1v) is 10.6. The van der Waals surface area contributed by atoms with Gasteiger partial charge in [-0.1, -0.05) is 12.1 Å². The Morgan fingerprint density at radius 3 is 2.62 bits per heavy atom. The van der Waals surface area contributed by atoms with Crippen LogP contribution in [-0.4, -0.2) is 35.4 Å². The number of likely N-dealkylation sites (tertiary alicyclic amines) is 1. The molecule has 1 saturated heterocycles. The van der Waals surface area contributed by atoms with Crippen LogP contribution in [0.25, 0.3) is 21.3 Å². The predicted molar refractivity (Wildman–Crippen MR) is 112 cm³/mol. The summed E-state index contributed by atoms with van der Waals surface area (Å²) in [4.78, 5) is 32.7. The third kappa shape index (κ3) is 3.20. The quantitative estimate of drug-likeness (QED) is 0.672. The highest BCUT2D eigenvalue weighted by atomic mass is 32.1. The molecule has 29 heavy (non-hydrogen) atoms. The number of carbonyl (C=O) groups excluding carboxylic acids is 2. The molecule has 148 valence electrons. The second-order valence-electron chi connectivity index (χ2n) is 7.37. The van der Waals surface area contributed by atoms with Gasteiger partial charge in [-0.25, -0.2) is 4.98 Å². The molecule has 6 nitrogen and oxygen atoms in total. The van der Waals surface area contributed by atoms with Crippen molar-refractivity contribution in [3.8, 4) is 16.9 Å². The van der Waals surface area contributed by atoms with Crippen LogP contribution < -0.4 is 10.1 Å². The summed E-state index contributed by atoms with van der Waals surface area (Å²) in [5, 5.41) is 4.62. The summed E-state index contributed by atoms with van der Waals surface area (Å²) in [5.74, 6) is 0.583. The molecule has 2 aromatic heterocycles. The first-order chi connectivity index (χ1) is 14.1. The van der Waals surface area contributed by atoms with Gasteiger partial charge in [-0.05, 0) is 47.9 Å². The molecule has 0 radical (unpaired) electrons. The smallest absolute Gasteiger partial charge is 0.230 e. The molecule has 2 aliphatic rings. The number of hydrogen-bond acceptors (Lipinski definition) is 6. The summed E-state index contributed by atoms with van der Waals surface area (Å²) >= 11 is 1.70. The van der Waals surface area contributed by atoms with E-state index >= 15 is 0 Å². The fraction of sp³-hybridized carbons (Fsp3) is 0.318. The van der Waals surface area contributed by atoms with E-state index in [0.29, 0.717) is 12.8 Å². The fourth-order valence-electron chi connectivity index (χ4n) is 4.12. The molecule has 0 atom stereocenters. The zero-order valence-corrected chi connectivity index (χ0v) is 17.0. The highest BCUT2D eigenvalue weighted by molar-refractivity contribution is 7.19. The number of ether oxygens (including phenoxy) is 1. The Morgan fingerprint density at radius 2 is 1.90 bits per heavy atom. The first kappa shape index (κ1) is 18.3. The summed E-state index contributed by atoms with van der Waals surface area (Å²) in [6.07, 6.45) is 1.57. The van der Waals surface area contributed by atoms with Crippen LogP contribution >= 0.6 is 11.3 Å². The minimum Gasteiger partial charge on any atom is -0.497 e. The van der Waals surface area contributed by atoms with Gasteiger partial charge >= 0.3 is 0 Å². The lowest BCUT2D eigenvalue weighted by Gasteiger charge is -2.16. The van der Waals surface area contributed by atoms with Crippen molar-refractivity contribution in [3.63, 3.8) is 0 Å². The number of nitrogens with zero attached hydrogens (tertiary/aromatic N) is 2. The molecule has 1 aromatic carbocycles. The Labute approximate surface area is 172 Å². The molecular weight excluding hydrogens is 386 g/mol. The number of nitrogens with one attached hydrogen (secondary N) is 1. The van der Waals surface area contributed by atoms with Crippen LogP contribution in [0.15, 0.2) is 30.3 Å². The Hall–Kier alpha value is -2.77. The van der Waals surface area contributed by atoms with Crippen molar-refractivity contribution in [1.29, 1.82) is 0 Å². The number of pyridine rings is 1. The van der Waals surface area contributed by atoms with Crippen LogP contribution in [0.1, 0.15) is 29.0 Å². The summed E-state index contributed by atoms with van der Waals surface area (Å²) in [6.45, 7) is 2.05. The SMILES string of the molecule is COc1ccc(-c2cc(CN3C(=O)CCC3=O)nc3sc4c(c23)CCNC4)cc1. The Balaban J connectivity index is 1.66. The number of rotatable bonds is 4. The molecule has 5 rings (SSSR count). The molecule has 7 heteroatoms. The van der Waals surface area contributed by atoms with Crippen LogP contribution in [0.2, 0.25) is 0 Å². The minimum atomic E-state index is -0.113. The third-order valence-electron chi connectivity index (χ3n) is 5.61. The number of hydrogen-bond donors (Lipinski definition) is 1. The van der Waals surface area contributed by atoms with Crippen molar-refractivity contribution < 1.29 is 14.3 Å². The molecule has 0 unspecified atom stereocenters. The number of methoxy groups -OCH3 is 1. The molecule has 0 bridgehead atoms. The van der Waals surface area contributed by atoms with Crippen molar-refractivity contribution in [2.45, 2.75) is 32.4 Å². The predicted octanol–water partition coefficient (Wildman–Crippen LogP) is 3.27. The van der Waals surface area contributed by atoms with Gasteiger partial charge in [0.1, 0.15) is 10.6 Å². The molecule has 2 amide bonds. The van der Waals surface area contributed by atoms with Crippen molar-refractivity contribution >= 4 is 33.4 Å². The number of carbonyl (C=O) groups is 2. The van der Waals surface area contributed by atoms with Gasteiger partial charge in [0.05, 0.1) is 19.3 Å². The maximum atomic E-state index is 12.1. The van der Waals surface area contributed by atoms with Gasteiger partial charge in [-0.2, -0.15) is 0 Å². The van der Waals surface area contributed by atoms with Gasteiger partial charge in [-0.15, -0.1) is 11.3 Å². The van der Waals surface area contributed by atoms with E-state index in [4.69, 9.17) is 9.72 Å². The fourth-order valence-corrected chi connectivity index (χ4v) is 5.35. The van der Waals surface area contributed by atoms with Gasteiger partial charge in [-0.3, -0.25) is 14.5 Å². The topological polar surface area (TPSA) is 71.5 Å².